The van der Waals surface area contributed by atoms with Gasteiger partial charge in [0.2, 0.25) is 0 Å². The number of halogens is 1. The van der Waals surface area contributed by atoms with Gasteiger partial charge in [-0.1, -0.05) is 44.9 Å². The van der Waals surface area contributed by atoms with Gasteiger partial charge in [0.1, 0.15) is 0 Å². The Labute approximate surface area is 104 Å². The quantitative estimate of drug-likeness (QED) is 0.785. The summed E-state index contributed by atoms with van der Waals surface area (Å²) in [4.78, 5) is 0. The number of unbranched alkanes of at least 4 members (excludes halogenated alkanes) is 1. The molecule has 0 atom stereocenters. The van der Waals surface area contributed by atoms with Crippen molar-refractivity contribution in [3.63, 3.8) is 0 Å². The molecule has 0 radical (unpaired) electrons. The summed E-state index contributed by atoms with van der Waals surface area (Å²) in [5, 5.41) is 4.30. The number of rotatable bonds is 6. The van der Waals surface area contributed by atoms with Crippen LogP contribution in [0.4, 0.5) is 0 Å². The lowest BCUT2D eigenvalue weighted by Gasteiger charge is -2.13. The Morgan fingerprint density at radius 3 is 2.62 bits per heavy atom. The van der Waals surface area contributed by atoms with Crippen LogP contribution < -0.4 is 5.32 Å². The van der Waals surface area contributed by atoms with Gasteiger partial charge in [0.15, 0.2) is 0 Å². The Hall–Kier alpha value is -0.530. The van der Waals surface area contributed by atoms with Crippen molar-refractivity contribution in [1.82, 2.24) is 5.32 Å². The van der Waals surface area contributed by atoms with E-state index in [2.05, 4.69) is 38.2 Å². The van der Waals surface area contributed by atoms with Crippen molar-refractivity contribution in [2.45, 2.75) is 52.6 Å². The minimum atomic E-state index is 0.523. The van der Waals surface area contributed by atoms with Gasteiger partial charge in [-0.15, -0.1) is 0 Å². The van der Waals surface area contributed by atoms with E-state index < -0.39 is 0 Å². The summed E-state index contributed by atoms with van der Waals surface area (Å²) >= 11 is 6.04. The minimum Gasteiger partial charge on any atom is -0.310 e. The zero-order valence-corrected chi connectivity index (χ0v) is 11.3. The molecular weight excluding hydrogens is 218 g/mol. The van der Waals surface area contributed by atoms with Gasteiger partial charge in [-0.3, -0.25) is 0 Å². The molecule has 0 amide bonds. The van der Waals surface area contributed by atoms with E-state index in [0.717, 1.165) is 18.0 Å². The maximum atomic E-state index is 6.04. The van der Waals surface area contributed by atoms with Crippen LogP contribution in [0, 0.1) is 0 Å². The normalized spacial score (nSPS) is 11.1. The lowest BCUT2D eigenvalue weighted by molar-refractivity contribution is 0.585. The topological polar surface area (TPSA) is 12.0 Å². The van der Waals surface area contributed by atoms with Crippen molar-refractivity contribution < 1.29 is 0 Å². The molecule has 16 heavy (non-hydrogen) atoms. The first-order valence-electron chi connectivity index (χ1n) is 6.14. The van der Waals surface area contributed by atoms with Gasteiger partial charge in [-0.05, 0) is 36.1 Å². The molecule has 0 fully saturated rings. The van der Waals surface area contributed by atoms with Gasteiger partial charge in [0.25, 0.3) is 0 Å². The second-order valence-electron chi connectivity index (χ2n) is 4.55. The molecule has 0 spiro atoms. The fourth-order valence-corrected chi connectivity index (χ4v) is 1.88. The average Bonchev–Trinajstić information content (AvgIpc) is 2.24. The van der Waals surface area contributed by atoms with Crippen LogP contribution in [-0.4, -0.2) is 6.04 Å². The van der Waals surface area contributed by atoms with Crippen molar-refractivity contribution in [2.24, 2.45) is 0 Å². The molecule has 1 aromatic rings. The van der Waals surface area contributed by atoms with Crippen LogP contribution in [0.5, 0.6) is 0 Å². The summed E-state index contributed by atoms with van der Waals surface area (Å²) < 4.78 is 0. The molecule has 1 aromatic carbocycles. The fourth-order valence-electron chi connectivity index (χ4n) is 1.68. The largest absolute Gasteiger partial charge is 0.310 e. The summed E-state index contributed by atoms with van der Waals surface area (Å²) in [5.41, 5.74) is 2.77. The van der Waals surface area contributed by atoms with E-state index in [-0.39, 0.29) is 0 Å². The maximum absolute atomic E-state index is 6.04. The van der Waals surface area contributed by atoms with Crippen LogP contribution in [0.3, 0.4) is 0 Å². The predicted octanol–water partition coefficient (Wildman–Crippen LogP) is 4.18. The summed E-state index contributed by atoms with van der Waals surface area (Å²) in [5.74, 6) is 0. The molecule has 0 saturated heterocycles. The number of benzene rings is 1. The highest BCUT2D eigenvalue weighted by molar-refractivity contribution is 6.30. The van der Waals surface area contributed by atoms with Crippen LogP contribution in [-0.2, 0) is 13.0 Å². The maximum Gasteiger partial charge on any atom is 0.0408 e. The monoisotopic (exact) mass is 239 g/mol. The van der Waals surface area contributed by atoms with Crippen molar-refractivity contribution in [3.05, 3.63) is 34.3 Å². The summed E-state index contributed by atoms with van der Waals surface area (Å²) in [7, 11) is 0. The Morgan fingerprint density at radius 2 is 2.00 bits per heavy atom. The van der Waals surface area contributed by atoms with E-state index in [4.69, 9.17) is 11.6 Å². The van der Waals surface area contributed by atoms with Crippen molar-refractivity contribution in [3.8, 4) is 0 Å². The van der Waals surface area contributed by atoms with E-state index >= 15 is 0 Å². The van der Waals surface area contributed by atoms with Crippen LogP contribution in [0.2, 0.25) is 5.02 Å². The standard InChI is InChI=1S/C14H22ClN/c1-4-5-6-12-9-14(15)8-7-13(12)10-16-11(2)3/h7-9,11,16H,4-6,10H2,1-3H3. The number of hydrogen-bond donors (Lipinski definition) is 1. The molecule has 2 heteroatoms. The highest BCUT2D eigenvalue weighted by Crippen LogP contribution is 2.18. The highest BCUT2D eigenvalue weighted by atomic mass is 35.5. The van der Waals surface area contributed by atoms with Crippen LogP contribution >= 0.6 is 11.6 Å². The SMILES string of the molecule is CCCCc1cc(Cl)ccc1CNC(C)C. The third kappa shape index (κ3) is 4.54. The summed E-state index contributed by atoms with van der Waals surface area (Å²) in [6.07, 6.45) is 3.59. The summed E-state index contributed by atoms with van der Waals surface area (Å²) in [6.45, 7) is 7.49. The number of hydrogen-bond acceptors (Lipinski definition) is 1. The average molecular weight is 240 g/mol. The number of nitrogens with one attached hydrogen (secondary N) is 1. The lowest BCUT2D eigenvalue weighted by atomic mass is 10.0. The first kappa shape index (κ1) is 13.5. The van der Waals surface area contributed by atoms with Crippen LogP contribution in [0.1, 0.15) is 44.7 Å². The predicted molar refractivity (Wildman–Crippen MR) is 72.0 cm³/mol. The second-order valence-corrected chi connectivity index (χ2v) is 4.99. The first-order valence-corrected chi connectivity index (χ1v) is 6.52. The lowest BCUT2D eigenvalue weighted by Crippen LogP contribution is -2.22. The second kappa shape index (κ2) is 6.93. The zero-order chi connectivity index (χ0) is 12.0. The van der Waals surface area contributed by atoms with Gasteiger partial charge in [-0.2, -0.15) is 0 Å². The fraction of sp³-hybridized carbons (Fsp3) is 0.571. The van der Waals surface area contributed by atoms with E-state index in [1.165, 1.54) is 24.0 Å². The van der Waals surface area contributed by atoms with Crippen molar-refractivity contribution in [2.75, 3.05) is 0 Å². The van der Waals surface area contributed by atoms with Crippen molar-refractivity contribution in [1.29, 1.82) is 0 Å². The van der Waals surface area contributed by atoms with E-state index in [0.29, 0.717) is 6.04 Å². The van der Waals surface area contributed by atoms with Crippen molar-refractivity contribution >= 4 is 11.6 Å². The minimum absolute atomic E-state index is 0.523. The van der Waals surface area contributed by atoms with Gasteiger partial charge >= 0.3 is 0 Å². The molecule has 0 aromatic heterocycles. The Kier molecular flexibility index (Phi) is 5.86. The Bertz CT molecular complexity index is 321. The summed E-state index contributed by atoms with van der Waals surface area (Å²) in [6, 6.07) is 6.75. The van der Waals surface area contributed by atoms with E-state index in [9.17, 15) is 0 Å². The highest BCUT2D eigenvalue weighted by Gasteiger charge is 2.04. The third-order valence-electron chi connectivity index (χ3n) is 2.67. The zero-order valence-electron chi connectivity index (χ0n) is 10.5. The molecule has 0 bridgehead atoms. The first-order chi connectivity index (χ1) is 7.63. The number of aryl methyl sites for hydroxylation is 1. The molecule has 0 aliphatic heterocycles. The Morgan fingerprint density at radius 1 is 1.25 bits per heavy atom. The molecular formula is C14H22ClN. The molecule has 1 nitrogen and oxygen atoms in total. The van der Waals surface area contributed by atoms with E-state index in [1.807, 2.05) is 6.07 Å². The molecule has 0 aliphatic carbocycles. The molecule has 1 rings (SSSR count). The molecule has 0 aliphatic rings. The van der Waals surface area contributed by atoms with Gasteiger partial charge < -0.3 is 5.32 Å². The molecule has 0 saturated carbocycles. The van der Waals surface area contributed by atoms with E-state index in [1.54, 1.807) is 0 Å². The molecule has 0 heterocycles. The van der Waals surface area contributed by atoms with Gasteiger partial charge in [0, 0.05) is 17.6 Å². The molecule has 90 valence electrons. The smallest absolute Gasteiger partial charge is 0.0408 e. The Balaban J connectivity index is 2.72. The van der Waals surface area contributed by atoms with Crippen LogP contribution in [0.15, 0.2) is 18.2 Å². The van der Waals surface area contributed by atoms with Gasteiger partial charge in [-0.25, -0.2) is 0 Å². The van der Waals surface area contributed by atoms with Gasteiger partial charge in [0.05, 0.1) is 0 Å². The third-order valence-corrected chi connectivity index (χ3v) is 2.90. The van der Waals surface area contributed by atoms with Crippen LogP contribution in [0.25, 0.3) is 0 Å². The molecule has 0 unspecified atom stereocenters. The molecule has 1 N–H and O–H groups in total.